The molecule has 0 nitrogen and oxygen atoms in total. The first-order chi connectivity index (χ1) is 10.8. The van der Waals surface area contributed by atoms with Crippen molar-refractivity contribution in [3.05, 3.63) is 48.0 Å². The van der Waals surface area contributed by atoms with Crippen LogP contribution >= 0.6 is 0 Å². The summed E-state index contributed by atoms with van der Waals surface area (Å²) in [4.78, 5) is 0. The average Bonchev–Trinajstić information content (AvgIpc) is 2.57. The van der Waals surface area contributed by atoms with Gasteiger partial charge in [-0.25, -0.2) is 0 Å². The predicted octanol–water partition coefficient (Wildman–Crippen LogP) is 6.65. The summed E-state index contributed by atoms with van der Waals surface area (Å²) < 4.78 is 0. The molecule has 1 aromatic carbocycles. The minimum atomic E-state index is 0.828. The molecule has 2 aliphatic carbocycles. The summed E-state index contributed by atoms with van der Waals surface area (Å²) in [6.07, 6.45) is 15.0. The van der Waals surface area contributed by atoms with E-state index < -0.39 is 0 Å². The van der Waals surface area contributed by atoms with Crippen molar-refractivity contribution in [1.82, 2.24) is 0 Å². The van der Waals surface area contributed by atoms with Gasteiger partial charge in [0.15, 0.2) is 0 Å². The first-order valence-electron chi connectivity index (χ1n) is 9.44. The fourth-order valence-electron chi connectivity index (χ4n) is 5.08. The lowest BCUT2D eigenvalue weighted by atomic mass is 9.68. The van der Waals surface area contributed by atoms with E-state index in [1.807, 2.05) is 0 Å². The molecule has 0 bridgehead atoms. The van der Waals surface area contributed by atoms with Gasteiger partial charge in [-0.1, -0.05) is 30.3 Å². The van der Waals surface area contributed by atoms with Gasteiger partial charge in [-0.05, 0) is 99.5 Å². The number of aryl methyl sites for hydroxylation is 1. The molecule has 0 radical (unpaired) electrons. The van der Waals surface area contributed by atoms with Crippen LogP contribution in [0.1, 0.15) is 74.8 Å². The maximum atomic E-state index is 3.91. The third-order valence-corrected chi connectivity index (χ3v) is 6.46. The van der Waals surface area contributed by atoms with E-state index in [1.54, 1.807) is 5.56 Å². The van der Waals surface area contributed by atoms with Crippen LogP contribution in [-0.4, -0.2) is 0 Å². The number of rotatable bonds is 4. The standard InChI is InChI=1S/C22H32/c1-3-6-18-9-11-19(12-10-18)20-13-15-21(16-14-20)22-8-5-4-7-17(22)2/h3-5,7-8,18-21H,1,6,9-16H2,2H3. The van der Waals surface area contributed by atoms with Crippen LogP contribution in [0.5, 0.6) is 0 Å². The molecule has 0 aliphatic heterocycles. The number of hydrogen-bond donors (Lipinski definition) is 0. The van der Waals surface area contributed by atoms with Gasteiger partial charge in [0.05, 0.1) is 0 Å². The highest BCUT2D eigenvalue weighted by Crippen LogP contribution is 2.44. The van der Waals surface area contributed by atoms with Crippen LogP contribution in [0.3, 0.4) is 0 Å². The summed E-state index contributed by atoms with van der Waals surface area (Å²) >= 11 is 0. The van der Waals surface area contributed by atoms with Crippen molar-refractivity contribution in [3.8, 4) is 0 Å². The highest BCUT2D eigenvalue weighted by Gasteiger charge is 2.31. The molecule has 0 heterocycles. The summed E-state index contributed by atoms with van der Waals surface area (Å²) in [6.45, 7) is 6.19. The first kappa shape index (κ1) is 15.8. The quantitative estimate of drug-likeness (QED) is 0.545. The third kappa shape index (κ3) is 3.65. The molecule has 0 spiro atoms. The summed E-state index contributed by atoms with van der Waals surface area (Å²) in [5.41, 5.74) is 3.12. The lowest BCUT2D eigenvalue weighted by Crippen LogP contribution is -2.25. The zero-order valence-electron chi connectivity index (χ0n) is 14.3. The topological polar surface area (TPSA) is 0 Å². The van der Waals surface area contributed by atoms with Gasteiger partial charge in [0.1, 0.15) is 0 Å². The summed E-state index contributed by atoms with van der Waals surface area (Å²) in [5.74, 6) is 3.82. The number of benzene rings is 1. The maximum Gasteiger partial charge on any atom is -0.0159 e. The SMILES string of the molecule is C=CCC1CCC(C2CCC(c3ccccc3C)CC2)CC1. The van der Waals surface area contributed by atoms with Gasteiger partial charge in [0, 0.05) is 0 Å². The summed E-state index contributed by atoms with van der Waals surface area (Å²) in [5, 5.41) is 0. The largest absolute Gasteiger partial charge is 0.103 e. The van der Waals surface area contributed by atoms with Crippen LogP contribution in [0, 0.1) is 24.7 Å². The van der Waals surface area contributed by atoms with E-state index in [2.05, 4.69) is 43.8 Å². The normalized spacial score (nSPS) is 32.6. The zero-order chi connectivity index (χ0) is 15.4. The molecule has 0 heteroatoms. The molecule has 22 heavy (non-hydrogen) atoms. The second-order valence-corrected chi connectivity index (χ2v) is 7.77. The highest BCUT2D eigenvalue weighted by atomic mass is 14.4. The zero-order valence-corrected chi connectivity index (χ0v) is 14.3. The molecule has 2 saturated carbocycles. The molecule has 0 unspecified atom stereocenters. The van der Waals surface area contributed by atoms with Crippen molar-refractivity contribution in [2.45, 2.75) is 70.6 Å². The van der Waals surface area contributed by atoms with E-state index in [1.165, 1.54) is 63.4 Å². The van der Waals surface area contributed by atoms with E-state index >= 15 is 0 Å². The Bertz CT molecular complexity index is 471. The Morgan fingerprint density at radius 1 is 0.909 bits per heavy atom. The van der Waals surface area contributed by atoms with Crippen molar-refractivity contribution >= 4 is 0 Å². The molecule has 0 N–H and O–H groups in total. The Labute approximate surface area is 137 Å². The van der Waals surface area contributed by atoms with E-state index in [0.717, 1.165) is 23.7 Å². The van der Waals surface area contributed by atoms with E-state index in [0.29, 0.717) is 0 Å². The van der Waals surface area contributed by atoms with E-state index in [9.17, 15) is 0 Å². The molecule has 3 rings (SSSR count). The van der Waals surface area contributed by atoms with Gasteiger partial charge >= 0.3 is 0 Å². The van der Waals surface area contributed by atoms with Crippen molar-refractivity contribution in [2.75, 3.05) is 0 Å². The van der Waals surface area contributed by atoms with Crippen molar-refractivity contribution in [1.29, 1.82) is 0 Å². The lowest BCUT2D eigenvalue weighted by Gasteiger charge is -2.38. The maximum absolute atomic E-state index is 3.91. The smallest absolute Gasteiger partial charge is 0.0159 e. The lowest BCUT2D eigenvalue weighted by molar-refractivity contribution is 0.160. The van der Waals surface area contributed by atoms with Crippen LogP contribution in [0.4, 0.5) is 0 Å². The Hall–Kier alpha value is -1.04. The molecular weight excluding hydrogens is 264 g/mol. The second-order valence-electron chi connectivity index (χ2n) is 7.77. The van der Waals surface area contributed by atoms with Crippen LogP contribution < -0.4 is 0 Å². The summed E-state index contributed by atoms with van der Waals surface area (Å²) in [6, 6.07) is 9.03. The van der Waals surface area contributed by atoms with Crippen molar-refractivity contribution in [2.24, 2.45) is 17.8 Å². The van der Waals surface area contributed by atoms with Gasteiger partial charge in [0.2, 0.25) is 0 Å². The molecular formula is C22H32. The molecule has 1 aromatic rings. The molecule has 120 valence electrons. The molecule has 2 aliphatic rings. The van der Waals surface area contributed by atoms with E-state index in [4.69, 9.17) is 0 Å². The van der Waals surface area contributed by atoms with Gasteiger partial charge in [-0.2, -0.15) is 0 Å². The van der Waals surface area contributed by atoms with Crippen LogP contribution in [-0.2, 0) is 0 Å². The van der Waals surface area contributed by atoms with E-state index in [-0.39, 0.29) is 0 Å². The Morgan fingerprint density at radius 2 is 1.50 bits per heavy atom. The third-order valence-electron chi connectivity index (χ3n) is 6.46. The van der Waals surface area contributed by atoms with Gasteiger partial charge in [-0.15, -0.1) is 6.58 Å². The van der Waals surface area contributed by atoms with Gasteiger partial charge in [0.25, 0.3) is 0 Å². The molecule has 2 fully saturated rings. The molecule has 0 saturated heterocycles. The minimum Gasteiger partial charge on any atom is -0.103 e. The first-order valence-corrected chi connectivity index (χ1v) is 9.44. The van der Waals surface area contributed by atoms with Crippen LogP contribution in [0.2, 0.25) is 0 Å². The van der Waals surface area contributed by atoms with Crippen LogP contribution in [0.15, 0.2) is 36.9 Å². The molecule has 0 aromatic heterocycles. The summed E-state index contributed by atoms with van der Waals surface area (Å²) in [7, 11) is 0. The Balaban J connectivity index is 1.50. The Morgan fingerprint density at radius 3 is 2.09 bits per heavy atom. The second kappa shape index (κ2) is 7.49. The fourth-order valence-corrected chi connectivity index (χ4v) is 5.08. The molecule has 0 atom stereocenters. The highest BCUT2D eigenvalue weighted by molar-refractivity contribution is 5.29. The monoisotopic (exact) mass is 296 g/mol. The fraction of sp³-hybridized carbons (Fsp3) is 0.636. The van der Waals surface area contributed by atoms with Crippen molar-refractivity contribution < 1.29 is 0 Å². The predicted molar refractivity (Wildman–Crippen MR) is 96.1 cm³/mol. The average molecular weight is 296 g/mol. The Kier molecular flexibility index (Phi) is 5.39. The van der Waals surface area contributed by atoms with Crippen molar-refractivity contribution in [3.63, 3.8) is 0 Å². The number of hydrogen-bond acceptors (Lipinski definition) is 0. The van der Waals surface area contributed by atoms with Gasteiger partial charge in [-0.3, -0.25) is 0 Å². The molecule has 0 amide bonds. The number of allylic oxidation sites excluding steroid dienone is 1. The van der Waals surface area contributed by atoms with Gasteiger partial charge < -0.3 is 0 Å². The van der Waals surface area contributed by atoms with Crippen LogP contribution in [0.25, 0.3) is 0 Å². The minimum absolute atomic E-state index is 0.828.